The van der Waals surface area contributed by atoms with Crippen LogP contribution in [0.3, 0.4) is 0 Å². The fourth-order valence-electron chi connectivity index (χ4n) is 4.23. The molecule has 7 heteroatoms. The molecule has 1 aromatic carbocycles. The lowest BCUT2D eigenvalue weighted by Crippen LogP contribution is -2.54. The van der Waals surface area contributed by atoms with E-state index in [-0.39, 0.29) is 24.3 Å². The Hall–Kier alpha value is -3.22. The molecule has 1 saturated carbocycles. The highest BCUT2D eigenvalue weighted by molar-refractivity contribution is 6.05. The number of carbonyl (C=O) groups excluding carboxylic acids is 3. The third kappa shape index (κ3) is 4.20. The van der Waals surface area contributed by atoms with Crippen LogP contribution in [0.25, 0.3) is 0 Å². The van der Waals surface area contributed by atoms with Gasteiger partial charge in [0, 0.05) is 48.3 Å². The molecule has 0 bridgehead atoms. The van der Waals surface area contributed by atoms with Crippen LogP contribution >= 0.6 is 0 Å². The van der Waals surface area contributed by atoms with Crippen molar-refractivity contribution < 1.29 is 14.4 Å². The topological polar surface area (TPSA) is 82.6 Å². The maximum absolute atomic E-state index is 13.0. The van der Waals surface area contributed by atoms with Gasteiger partial charge in [-0.25, -0.2) is 0 Å². The molecule has 30 heavy (non-hydrogen) atoms. The first-order valence-corrected chi connectivity index (χ1v) is 10.4. The van der Waals surface area contributed by atoms with Gasteiger partial charge >= 0.3 is 0 Å². The van der Waals surface area contributed by atoms with E-state index in [9.17, 15) is 14.4 Å². The molecule has 7 nitrogen and oxygen atoms in total. The van der Waals surface area contributed by atoms with E-state index in [0.29, 0.717) is 35.9 Å². The summed E-state index contributed by atoms with van der Waals surface area (Å²) in [5, 5.41) is 2.86. The number of piperazine rings is 1. The Morgan fingerprint density at radius 1 is 1.03 bits per heavy atom. The molecular formula is C23H26N4O3. The number of anilines is 1. The molecule has 1 N–H and O–H groups in total. The number of carbonyl (C=O) groups is 3. The van der Waals surface area contributed by atoms with Crippen LogP contribution in [-0.4, -0.2) is 58.2 Å². The van der Waals surface area contributed by atoms with Crippen molar-refractivity contribution in [2.24, 2.45) is 0 Å². The largest absolute Gasteiger partial charge is 0.336 e. The summed E-state index contributed by atoms with van der Waals surface area (Å²) in [5.41, 5.74) is 2.40. The average molecular weight is 406 g/mol. The molecule has 0 radical (unpaired) electrons. The summed E-state index contributed by atoms with van der Waals surface area (Å²) in [6, 6.07) is 8.85. The lowest BCUT2D eigenvalue weighted by molar-refractivity contribution is -0.137. The average Bonchev–Trinajstić information content (AvgIpc) is 3.30. The van der Waals surface area contributed by atoms with Gasteiger partial charge < -0.3 is 15.1 Å². The number of aryl methyl sites for hydroxylation is 1. The molecule has 1 aliphatic heterocycles. The molecule has 1 aliphatic carbocycles. The van der Waals surface area contributed by atoms with Crippen LogP contribution in [0.1, 0.15) is 52.0 Å². The second kappa shape index (κ2) is 8.65. The Labute approximate surface area is 176 Å². The van der Waals surface area contributed by atoms with Crippen LogP contribution in [0.15, 0.2) is 42.7 Å². The van der Waals surface area contributed by atoms with E-state index in [1.807, 2.05) is 17.9 Å². The smallest absolute Gasteiger partial charge is 0.255 e. The number of amides is 3. The van der Waals surface area contributed by atoms with Crippen molar-refractivity contribution in [3.8, 4) is 0 Å². The first-order valence-electron chi connectivity index (χ1n) is 10.4. The van der Waals surface area contributed by atoms with E-state index in [2.05, 4.69) is 10.3 Å². The number of nitrogens with zero attached hydrogens (tertiary/aromatic N) is 3. The Morgan fingerprint density at radius 2 is 1.77 bits per heavy atom. The first-order chi connectivity index (χ1) is 14.5. The van der Waals surface area contributed by atoms with Gasteiger partial charge in [0.15, 0.2) is 0 Å². The first kappa shape index (κ1) is 20.1. The molecule has 2 aliphatic rings. The van der Waals surface area contributed by atoms with E-state index < -0.39 is 0 Å². The Bertz CT molecular complexity index is 954. The summed E-state index contributed by atoms with van der Waals surface area (Å²) in [6.45, 7) is 3.11. The minimum atomic E-state index is -0.259. The second-order valence-electron chi connectivity index (χ2n) is 7.97. The highest BCUT2D eigenvalue weighted by Crippen LogP contribution is 2.25. The third-order valence-corrected chi connectivity index (χ3v) is 5.99. The van der Waals surface area contributed by atoms with Gasteiger partial charge in [0.2, 0.25) is 5.91 Å². The zero-order chi connectivity index (χ0) is 21.1. The number of pyridine rings is 1. The van der Waals surface area contributed by atoms with Crippen LogP contribution in [0.4, 0.5) is 5.69 Å². The predicted octanol–water partition coefficient (Wildman–Crippen LogP) is 2.87. The minimum Gasteiger partial charge on any atom is -0.336 e. The summed E-state index contributed by atoms with van der Waals surface area (Å²) in [7, 11) is 0. The Balaban J connectivity index is 1.45. The predicted molar refractivity (Wildman–Crippen MR) is 113 cm³/mol. The third-order valence-electron chi connectivity index (χ3n) is 5.99. The molecule has 2 fully saturated rings. The van der Waals surface area contributed by atoms with Crippen LogP contribution in [0, 0.1) is 6.92 Å². The maximum Gasteiger partial charge on any atom is 0.255 e. The standard InChI is InChI=1S/C23H26N4O3/c1-16-6-7-18(14-20(16)25-22(29)17-8-10-24-11-9-17)23(30)26-12-13-27(21(28)15-26)19-4-2-3-5-19/h6-11,14,19H,2-5,12-13,15H2,1H3,(H,25,29). The number of hydrogen-bond acceptors (Lipinski definition) is 4. The zero-order valence-electron chi connectivity index (χ0n) is 17.1. The van der Waals surface area contributed by atoms with Crippen LogP contribution < -0.4 is 5.32 Å². The summed E-state index contributed by atoms with van der Waals surface area (Å²) < 4.78 is 0. The van der Waals surface area contributed by atoms with Crippen molar-refractivity contribution in [3.05, 3.63) is 59.4 Å². The van der Waals surface area contributed by atoms with Crippen molar-refractivity contribution in [1.29, 1.82) is 0 Å². The van der Waals surface area contributed by atoms with Crippen molar-refractivity contribution in [3.63, 3.8) is 0 Å². The minimum absolute atomic E-state index is 0.0276. The Morgan fingerprint density at radius 3 is 2.47 bits per heavy atom. The SMILES string of the molecule is Cc1ccc(C(=O)N2CCN(C3CCCC3)C(=O)C2)cc1NC(=O)c1ccncc1. The fraction of sp³-hybridized carbons (Fsp3) is 0.391. The summed E-state index contributed by atoms with van der Waals surface area (Å²) in [6.07, 6.45) is 7.60. The van der Waals surface area contributed by atoms with E-state index in [1.165, 1.54) is 12.8 Å². The molecule has 156 valence electrons. The Kier molecular flexibility index (Phi) is 5.79. The van der Waals surface area contributed by atoms with E-state index in [1.54, 1.807) is 41.6 Å². The van der Waals surface area contributed by atoms with E-state index >= 15 is 0 Å². The van der Waals surface area contributed by atoms with Crippen LogP contribution in [-0.2, 0) is 4.79 Å². The molecule has 1 saturated heterocycles. The lowest BCUT2D eigenvalue weighted by Gasteiger charge is -2.37. The molecular weight excluding hydrogens is 380 g/mol. The van der Waals surface area contributed by atoms with Crippen molar-refractivity contribution in [2.75, 3.05) is 25.0 Å². The quantitative estimate of drug-likeness (QED) is 0.846. The molecule has 0 atom stereocenters. The number of hydrogen-bond donors (Lipinski definition) is 1. The number of benzene rings is 1. The normalized spacial score (nSPS) is 17.3. The van der Waals surface area contributed by atoms with E-state index in [4.69, 9.17) is 0 Å². The zero-order valence-corrected chi connectivity index (χ0v) is 17.1. The molecule has 0 unspecified atom stereocenters. The van der Waals surface area contributed by atoms with E-state index in [0.717, 1.165) is 18.4 Å². The maximum atomic E-state index is 13.0. The van der Waals surface area contributed by atoms with Gasteiger partial charge in [-0.05, 0) is 49.6 Å². The van der Waals surface area contributed by atoms with Gasteiger partial charge in [0.05, 0.1) is 0 Å². The second-order valence-corrected chi connectivity index (χ2v) is 7.97. The van der Waals surface area contributed by atoms with Gasteiger partial charge in [-0.3, -0.25) is 19.4 Å². The van der Waals surface area contributed by atoms with Gasteiger partial charge in [-0.15, -0.1) is 0 Å². The molecule has 3 amide bonds. The van der Waals surface area contributed by atoms with Crippen molar-refractivity contribution in [2.45, 2.75) is 38.6 Å². The van der Waals surface area contributed by atoms with Gasteiger partial charge in [0.1, 0.15) is 6.54 Å². The van der Waals surface area contributed by atoms with Crippen LogP contribution in [0.5, 0.6) is 0 Å². The monoisotopic (exact) mass is 406 g/mol. The molecule has 2 heterocycles. The van der Waals surface area contributed by atoms with Crippen LogP contribution in [0.2, 0.25) is 0 Å². The van der Waals surface area contributed by atoms with Gasteiger partial charge in [-0.1, -0.05) is 18.9 Å². The summed E-state index contributed by atoms with van der Waals surface area (Å²) in [4.78, 5) is 45.6. The number of nitrogens with one attached hydrogen (secondary N) is 1. The summed E-state index contributed by atoms with van der Waals surface area (Å²) >= 11 is 0. The molecule has 1 aromatic heterocycles. The highest BCUT2D eigenvalue weighted by atomic mass is 16.2. The molecule has 4 rings (SSSR count). The lowest BCUT2D eigenvalue weighted by atomic mass is 10.1. The van der Waals surface area contributed by atoms with Gasteiger partial charge in [-0.2, -0.15) is 0 Å². The van der Waals surface area contributed by atoms with Crippen molar-refractivity contribution in [1.82, 2.24) is 14.8 Å². The summed E-state index contributed by atoms with van der Waals surface area (Å²) in [5.74, 6) is -0.417. The van der Waals surface area contributed by atoms with Gasteiger partial charge in [0.25, 0.3) is 11.8 Å². The number of aromatic nitrogens is 1. The molecule has 0 spiro atoms. The fourth-order valence-corrected chi connectivity index (χ4v) is 4.23. The molecule has 2 aromatic rings. The number of rotatable bonds is 4. The highest BCUT2D eigenvalue weighted by Gasteiger charge is 2.33. The van der Waals surface area contributed by atoms with Crippen molar-refractivity contribution >= 4 is 23.4 Å².